The van der Waals surface area contributed by atoms with Crippen LogP contribution in [0.4, 0.5) is 0 Å². The summed E-state index contributed by atoms with van der Waals surface area (Å²) in [6.45, 7) is 7.53. The molecule has 0 bridgehead atoms. The van der Waals surface area contributed by atoms with Crippen molar-refractivity contribution >= 4 is 0 Å². The van der Waals surface area contributed by atoms with Crippen molar-refractivity contribution < 1.29 is 4.74 Å². The van der Waals surface area contributed by atoms with Gasteiger partial charge in [-0.15, -0.1) is 0 Å². The van der Waals surface area contributed by atoms with Crippen molar-refractivity contribution in [1.82, 2.24) is 4.98 Å². The summed E-state index contributed by atoms with van der Waals surface area (Å²) in [5.74, 6) is 1.25. The molecule has 2 heteroatoms. The number of aromatic nitrogens is 1. The predicted molar refractivity (Wildman–Crippen MR) is 141 cm³/mol. The predicted octanol–water partition coefficient (Wildman–Crippen LogP) is 8.98. The normalized spacial score (nSPS) is 12.0. The molecule has 0 spiro atoms. The Morgan fingerprint density at radius 1 is 0.697 bits per heavy atom. The summed E-state index contributed by atoms with van der Waals surface area (Å²) in [6.07, 6.45) is 13.4. The summed E-state index contributed by atoms with van der Waals surface area (Å²) < 4.78 is 5.93. The molecular formula is C31H41NO. The molecule has 2 nitrogen and oxygen atoms in total. The Balaban J connectivity index is 1.51. The molecule has 176 valence electrons. The van der Waals surface area contributed by atoms with E-state index in [4.69, 9.17) is 9.72 Å². The molecule has 1 heterocycles. The summed E-state index contributed by atoms with van der Waals surface area (Å²) in [6, 6.07) is 21.8. The van der Waals surface area contributed by atoms with Gasteiger partial charge in [0, 0.05) is 17.8 Å². The molecule has 0 fully saturated rings. The minimum atomic E-state index is 0.289. The van der Waals surface area contributed by atoms with Crippen molar-refractivity contribution in [2.75, 3.05) is 6.61 Å². The van der Waals surface area contributed by atoms with Crippen molar-refractivity contribution in [2.45, 2.75) is 84.5 Å². The van der Waals surface area contributed by atoms with Gasteiger partial charge in [-0.1, -0.05) is 102 Å². The van der Waals surface area contributed by atoms with Gasteiger partial charge in [0.1, 0.15) is 5.75 Å². The van der Waals surface area contributed by atoms with Crippen LogP contribution in [-0.4, -0.2) is 11.6 Å². The van der Waals surface area contributed by atoms with E-state index >= 15 is 0 Å². The van der Waals surface area contributed by atoms with Crippen LogP contribution >= 0.6 is 0 Å². The topological polar surface area (TPSA) is 22.1 Å². The van der Waals surface area contributed by atoms with Gasteiger partial charge in [0.25, 0.3) is 0 Å². The molecule has 3 rings (SSSR count). The number of hydrogen-bond donors (Lipinski definition) is 0. The number of pyridine rings is 1. The van der Waals surface area contributed by atoms with Gasteiger partial charge in [0.15, 0.2) is 0 Å². The van der Waals surface area contributed by atoms with Crippen LogP contribution in [0.15, 0.2) is 66.9 Å². The molecule has 0 saturated heterocycles. The minimum absolute atomic E-state index is 0.289. The highest BCUT2D eigenvalue weighted by Crippen LogP contribution is 2.27. The highest BCUT2D eigenvalue weighted by atomic mass is 16.5. The van der Waals surface area contributed by atoms with Gasteiger partial charge in [0.2, 0.25) is 0 Å². The molecule has 1 aromatic heterocycles. The van der Waals surface area contributed by atoms with Crippen molar-refractivity contribution in [3.63, 3.8) is 0 Å². The quantitative estimate of drug-likeness (QED) is 0.232. The summed E-state index contributed by atoms with van der Waals surface area (Å²) in [5, 5.41) is 0. The first-order valence-corrected chi connectivity index (χ1v) is 13.0. The van der Waals surface area contributed by atoms with Gasteiger partial charge in [0.05, 0.1) is 6.61 Å². The lowest BCUT2D eigenvalue weighted by Gasteiger charge is -2.13. The molecule has 2 aromatic carbocycles. The zero-order valence-electron chi connectivity index (χ0n) is 20.9. The first-order valence-electron chi connectivity index (χ1n) is 13.0. The zero-order chi connectivity index (χ0) is 23.3. The van der Waals surface area contributed by atoms with Crippen LogP contribution in [0.1, 0.15) is 94.9 Å². The van der Waals surface area contributed by atoms with Crippen LogP contribution < -0.4 is 4.74 Å². The maximum Gasteiger partial charge on any atom is 0.119 e. The molecule has 0 aliphatic carbocycles. The van der Waals surface area contributed by atoms with E-state index < -0.39 is 0 Å². The number of nitrogens with zero attached hydrogens (tertiary/aromatic N) is 1. The van der Waals surface area contributed by atoms with Crippen LogP contribution in [-0.2, 0) is 6.42 Å². The van der Waals surface area contributed by atoms with E-state index in [-0.39, 0.29) is 5.92 Å². The van der Waals surface area contributed by atoms with Gasteiger partial charge in [-0.25, -0.2) is 0 Å². The molecule has 0 saturated carbocycles. The molecule has 1 atom stereocenters. The van der Waals surface area contributed by atoms with Crippen molar-refractivity contribution in [2.24, 2.45) is 0 Å². The van der Waals surface area contributed by atoms with Crippen LogP contribution in [0.25, 0.3) is 11.1 Å². The first kappa shape index (κ1) is 25.0. The smallest absolute Gasteiger partial charge is 0.119 e. The molecule has 33 heavy (non-hydrogen) atoms. The van der Waals surface area contributed by atoms with E-state index in [9.17, 15) is 0 Å². The van der Waals surface area contributed by atoms with Crippen molar-refractivity contribution in [3.05, 3.63) is 83.7 Å². The average molecular weight is 444 g/mol. The summed E-state index contributed by atoms with van der Waals surface area (Å²) >= 11 is 0. The lowest BCUT2D eigenvalue weighted by molar-refractivity contribution is 0.304. The highest BCUT2D eigenvalue weighted by Gasteiger charge is 2.10. The molecule has 1 unspecified atom stereocenters. The van der Waals surface area contributed by atoms with Crippen molar-refractivity contribution in [3.8, 4) is 16.9 Å². The zero-order valence-corrected chi connectivity index (χ0v) is 20.9. The Labute approximate surface area is 201 Å². The van der Waals surface area contributed by atoms with Gasteiger partial charge in [-0.3, -0.25) is 4.98 Å². The monoisotopic (exact) mass is 443 g/mol. The Hall–Kier alpha value is -2.61. The van der Waals surface area contributed by atoms with Gasteiger partial charge in [-0.05, 0) is 59.7 Å². The van der Waals surface area contributed by atoms with Gasteiger partial charge < -0.3 is 4.74 Å². The summed E-state index contributed by atoms with van der Waals surface area (Å²) in [7, 11) is 0. The molecule has 0 N–H and O–H groups in total. The fraction of sp³-hybridized carbons (Fsp3) is 0.452. The molecule has 3 aromatic rings. The lowest BCUT2D eigenvalue weighted by Crippen LogP contribution is -2.00. The Morgan fingerprint density at radius 3 is 1.97 bits per heavy atom. The van der Waals surface area contributed by atoms with Crippen LogP contribution in [0.3, 0.4) is 0 Å². The minimum Gasteiger partial charge on any atom is -0.494 e. The molecular weight excluding hydrogens is 402 g/mol. The SMILES string of the molecule is CCCCCCCCOc1ccc(-c2ccc(C(C)c3ccc(CCCC)cn3)cc2)cc1. The van der Waals surface area contributed by atoms with E-state index in [2.05, 4.69) is 81.4 Å². The largest absolute Gasteiger partial charge is 0.494 e. The lowest BCUT2D eigenvalue weighted by atomic mass is 9.94. The van der Waals surface area contributed by atoms with E-state index in [0.717, 1.165) is 30.9 Å². The number of benzene rings is 2. The molecule has 0 amide bonds. The third kappa shape index (κ3) is 8.03. The second-order valence-corrected chi connectivity index (χ2v) is 9.18. The summed E-state index contributed by atoms with van der Waals surface area (Å²) in [4.78, 5) is 4.73. The fourth-order valence-electron chi connectivity index (χ4n) is 4.17. The standard InChI is InChI=1S/C31H41NO/c1-4-6-8-9-10-11-23-33-30-20-18-29(19-21-30)28-16-14-27(15-17-28)25(3)31-22-13-26(24-32-31)12-7-5-2/h13-22,24-25H,4-12,23H2,1-3H3. The summed E-state index contributed by atoms with van der Waals surface area (Å²) in [5.41, 5.74) is 6.22. The number of aryl methyl sites for hydroxylation is 1. The van der Waals surface area contributed by atoms with Gasteiger partial charge >= 0.3 is 0 Å². The van der Waals surface area contributed by atoms with Crippen LogP contribution in [0, 0.1) is 0 Å². The Kier molecular flexibility index (Phi) is 10.5. The van der Waals surface area contributed by atoms with Gasteiger partial charge in [-0.2, -0.15) is 0 Å². The van der Waals surface area contributed by atoms with Crippen LogP contribution in [0.2, 0.25) is 0 Å². The second-order valence-electron chi connectivity index (χ2n) is 9.18. The molecule has 0 aliphatic rings. The van der Waals surface area contributed by atoms with E-state index in [1.807, 2.05) is 6.20 Å². The molecule has 0 aliphatic heterocycles. The third-order valence-corrected chi connectivity index (χ3v) is 6.48. The molecule has 0 radical (unpaired) electrons. The van der Waals surface area contributed by atoms with E-state index in [0.29, 0.717) is 0 Å². The van der Waals surface area contributed by atoms with Crippen LogP contribution in [0.5, 0.6) is 5.75 Å². The average Bonchev–Trinajstić information content (AvgIpc) is 2.87. The highest BCUT2D eigenvalue weighted by molar-refractivity contribution is 5.64. The van der Waals surface area contributed by atoms with Crippen molar-refractivity contribution in [1.29, 1.82) is 0 Å². The number of hydrogen-bond acceptors (Lipinski definition) is 2. The maximum absolute atomic E-state index is 5.93. The fourth-order valence-corrected chi connectivity index (χ4v) is 4.17. The Morgan fingerprint density at radius 2 is 1.33 bits per heavy atom. The van der Waals surface area contributed by atoms with E-state index in [1.165, 1.54) is 67.2 Å². The van der Waals surface area contributed by atoms with E-state index in [1.54, 1.807) is 0 Å². The number of rotatable bonds is 14. The maximum atomic E-state index is 5.93. The third-order valence-electron chi connectivity index (χ3n) is 6.48. The first-order chi connectivity index (χ1) is 16.2. The number of ether oxygens (including phenoxy) is 1. The second kappa shape index (κ2) is 13.8. The Bertz CT molecular complexity index is 913. The number of unbranched alkanes of at least 4 members (excludes halogenated alkanes) is 6.